The van der Waals surface area contributed by atoms with E-state index in [-0.39, 0.29) is 23.8 Å². The Kier molecular flexibility index (Phi) is 12.0. The molecule has 0 aromatic heterocycles. The van der Waals surface area contributed by atoms with E-state index in [0.717, 1.165) is 32.1 Å². The Morgan fingerprint density at radius 2 is 2.18 bits per heavy atom. The lowest BCUT2D eigenvalue weighted by Crippen LogP contribution is -2.32. The molecule has 1 rings (SSSR count). The van der Waals surface area contributed by atoms with Gasteiger partial charge in [-0.3, -0.25) is 9.59 Å². The summed E-state index contributed by atoms with van der Waals surface area (Å²) in [6.07, 6.45) is 13.1. The summed E-state index contributed by atoms with van der Waals surface area (Å²) in [7, 11) is 1.39. The SMILES string of the molecule is CCCC#CC[C@H](C)[C@H](O)/C=C/[C@H]1CCC(=O)N1C/C=C\CCCC(=O)OC. The molecule has 1 fully saturated rings. The first kappa shape index (κ1) is 24.0. The van der Waals surface area contributed by atoms with Gasteiger partial charge in [-0.25, -0.2) is 0 Å². The molecule has 5 nitrogen and oxygen atoms in total. The molecule has 5 heteroatoms. The fourth-order valence-corrected chi connectivity index (χ4v) is 2.96. The van der Waals surface area contributed by atoms with Crippen molar-refractivity contribution in [3.8, 4) is 11.8 Å². The third-order valence-corrected chi connectivity index (χ3v) is 4.86. The number of likely N-dealkylation sites (tertiary alicyclic amines) is 1. The molecule has 28 heavy (non-hydrogen) atoms. The Labute approximate surface area is 169 Å². The molecule has 0 spiro atoms. The normalized spacial score (nSPS) is 19.1. The van der Waals surface area contributed by atoms with Gasteiger partial charge in [-0.05, 0) is 31.6 Å². The number of aliphatic hydroxyl groups excluding tert-OH is 1. The summed E-state index contributed by atoms with van der Waals surface area (Å²) < 4.78 is 4.61. The number of carbonyl (C=O) groups is 2. The fraction of sp³-hybridized carbons (Fsp3) is 0.652. The third kappa shape index (κ3) is 9.23. The smallest absolute Gasteiger partial charge is 0.305 e. The topological polar surface area (TPSA) is 66.8 Å². The number of aliphatic hydroxyl groups is 1. The van der Waals surface area contributed by atoms with Crippen molar-refractivity contribution in [3.05, 3.63) is 24.3 Å². The van der Waals surface area contributed by atoms with Crippen molar-refractivity contribution in [2.75, 3.05) is 13.7 Å². The van der Waals surface area contributed by atoms with Crippen molar-refractivity contribution in [1.29, 1.82) is 0 Å². The summed E-state index contributed by atoms with van der Waals surface area (Å²) in [5.74, 6) is 6.24. The van der Waals surface area contributed by atoms with Crippen molar-refractivity contribution in [3.63, 3.8) is 0 Å². The molecule has 0 aliphatic carbocycles. The number of hydrogen-bond acceptors (Lipinski definition) is 4. The zero-order chi connectivity index (χ0) is 20.8. The number of unbranched alkanes of at least 4 members (excludes halogenated alkanes) is 2. The van der Waals surface area contributed by atoms with Crippen LogP contribution in [0.5, 0.6) is 0 Å². The summed E-state index contributed by atoms with van der Waals surface area (Å²) in [5.41, 5.74) is 0. The van der Waals surface area contributed by atoms with Gasteiger partial charge in [0.1, 0.15) is 0 Å². The molecule has 156 valence electrons. The molecule has 1 N–H and O–H groups in total. The van der Waals surface area contributed by atoms with Crippen molar-refractivity contribution in [2.24, 2.45) is 5.92 Å². The highest BCUT2D eigenvalue weighted by molar-refractivity contribution is 5.79. The summed E-state index contributed by atoms with van der Waals surface area (Å²) in [6, 6.07) is 0.0280. The number of hydrogen-bond donors (Lipinski definition) is 1. The van der Waals surface area contributed by atoms with Crippen LogP contribution >= 0.6 is 0 Å². The van der Waals surface area contributed by atoms with Crippen molar-refractivity contribution >= 4 is 11.9 Å². The maximum absolute atomic E-state index is 12.1. The van der Waals surface area contributed by atoms with E-state index in [0.29, 0.717) is 25.8 Å². The van der Waals surface area contributed by atoms with Gasteiger partial charge in [-0.1, -0.05) is 38.2 Å². The Balaban J connectivity index is 2.44. The number of rotatable bonds is 11. The molecule has 1 heterocycles. The number of carbonyl (C=O) groups excluding carboxylic acids is 2. The first-order valence-electron chi connectivity index (χ1n) is 10.3. The molecular formula is C23H35NO4. The number of esters is 1. The summed E-state index contributed by atoms with van der Waals surface area (Å²) in [4.78, 5) is 25.0. The zero-order valence-electron chi connectivity index (χ0n) is 17.5. The quantitative estimate of drug-likeness (QED) is 0.254. The monoisotopic (exact) mass is 389 g/mol. The first-order chi connectivity index (χ1) is 13.5. The average Bonchev–Trinajstić information content (AvgIpc) is 3.05. The van der Waals surface area contributed by atoms with Gasteiger partial charge >= 0.3 is 5.97 Å². The van der Waals surface area contributed by atoms with E-state index in [4.69, 9.17) is 0 Å². The van der Waals surface area contributed by atoms with Crippen LogP contribution < -0.4 is 0 Å². The molecule has 0 radical (unpaired) electrons. The van der Waals surface area contributed by atoms with E-state index in [1.54, 1.807) is 0 Å². The van der Waals surface area contributed by atoms with Crippen LogP contribution in [0, 0.1) is 17.8 Å². The number of amides is 1. The van der Waals surface area contributed by atoms with Crippen molar-refractivity contribution < 1.29 is 19.4 Å². The second-order valence-electron chi connectivity index (χ2n) is 7.25. The van der Waals surface area contributed by atoms with Crippen LogP contribution in [0.4, 0.5) is 0 Å². The molecular weight excluding hydrogens is 354 g/mol. The lowest BCUT2D eigenvalue weighted by Gasteiger charge is -2.21. The molecule has 3 atom stereocenters. The molecule has 1 aliphatic heterocycles. The Hall–Kier alpha value is -2.06. The second-order valence-corrected chi connectivity index (χ2v) is 7.25. The molecule has 0 aromatic carbocycles. The minimum atomic E-state index is -0.553. The van der Waals surface area contributed by atoms with E-state index in [2.05, 4.69) is 23.5 Å². The van der Waals surface area contributed by atoms with Gasteiger partial charge in [-0.2, -0.15) is 0 Å². The minimum Gasteiger partial charge on any atom is -0.469 e. The molecule has 0 aromatic rings. The van der Waals surface area contributed by atoms with E-state index < -0.39 is 6.10 Å². The van der Waals surface area contributed by atoms with Gasteiger partial charge in [0.2, 0.25) is 5.91 Å². The highest BCUT2D eigenvalue weighted by Crippen LogP contribution is 2.21. The van der Waals surface area contributed by atoms with Crippen LogP contribution in [0.3, 0.4) is 0 Å². The molecule has 0 unspecified atom stereocenters. The zero-order valence-corrected chi connectivity index (χ0v) is 17.5. The Morgan fingerprint density at radius 3 is 2.89 bits per heavy atom. The van der Waals surface area contributed by atoms with Crippen LogP contribution in [0.15, 0.2) is 24.3 Å². The van der Waals surface area contributed by atoms with Crippen LogP contribution in [0.1, 0.15) is 65.2 Å². The molecule has 1 amide bonds. The van der Waals surface area contributed by atoms with Gasteiger partial charge in [0.25, 0.3) is 0 Å². The predicted octanol–water partition coefficient (Wildman–Crippen LogP) is 3.62. The van der Waals surface area contributed by atoms with Gasteiger partial charge < -0.3 is 14.7 Å². The second kappa shape index (κ2) is 14.0. The summed E-state index contributed by atoms with van der Waals surface area (Å²) >= 11 is 0. The van der Waals surface area contributed by atoms with Gasteiger partial charge in [-0.15, -0.1) is 11.8 Å². The molecule has 1 saturated heterocycles. The van der Waals surface area contributed by atoms with E-state index >= 15 is 0 Å². The lowest BCUT2D eigenvalue weighted by atomic mass is 10.00. The standard InChI is InChI=1S/C23H35NO4/c1-4-5-6-9-12-19(2)21(25)16-14-20-15-17-22(26)24(20)18-11-8-7-10-13-23(27)28-3/h8,11,14,16,19-21,25H,4-5,7,10,12-13,15,17-18H2,1-3H3/b11-8-,16-14+/t19-,20-,21+/m0/s1. The predicted molar refractivity (Wildman–Crippen MR) is 111 cm³/mol. The highest BCUT2D eigenvalue weighted by Gasteiger charge is 2.28. The van der Waals surface area contributed by atoms with E-state index in [1.165, 1.54) is 7.11 Å². The van der Waals surface area contributed by atoms with Gasteiger partial charge in [0.15, 0.2) is 0 Å². The van der Waals surface area contributed by atoms with Crippen LogP contribution in [-0.2, 0) is 14.3 Å². The number of allylic oxidation sites excluding steroid dienone is 1. The molecule has 1 aliphatic rings. The Morgan fingerprint density at radius 1 is 1.39 bits per heavy atom. The maximum Gasteiger partial charge on any atom is 0.305 e. The molecule has 0 bridgehead atoms. The van der Waals surface area contributed by atoms with Crippen LogP contribution in [0.2, 0.25) is 0 Å². The van der Waals surface area contributed by atoms with E-state index in [9.17, 15) is 14.7 Å². The summed E-state index contributed by atoms with van der Waals surface area (Å²) in [5, 5.41) is 10.3. The average molecular weight is 390 g/mol. The van der Waals surface area contributed by atoms with Gasteiger partial charge in [0, 0.05) is 32.2 Å². The van der Waals surface area contributed by atoms with Crippen LogP contribution in [-0.4, -0.2) is 47.7 Å². The largest absolute Gasteiger partial charge is 0.469 e. The third-order valence-electron chi connectivity index (χ3n) is 4.86. The summed E-state index contributed by atoms with van der Waals surface area (Å²) in [6.45, 7) is 4.65. The van der Waals surface area contributed by atoms with Crippen LogP contribution in [0.25, 0.3) is 0 Å². The van der Waals surface area contributed by atoms with Crippen molar-refractivity contribution in [2.45, 2.75) is 77.4 Å². The van der Waals surface area contributed by atoms with Gasteiger partial charge in [0.05, 0.1) is 19.3 Å². The number of methoxy groups -OCH3 is 1. The number of ether oxygens (including phenoxy) is 1. The number of nitrogens with zero attached hydrogens (tertiary/aromatic N) is 1. The maximum atomic E-state index is 12.1. The lowest BCUT2D eigenvalue weighted by molar-refractivity contribution is -0.140. The highest BCUT2D eigenvalue weighted by atomic mass is 16.5. The van der Waals surface area contributed by atoms with Crippen molar-refractivity contribution in [1.82, 2.24) is 4.90 Å². The first-order valence-corrected chi connectivity index (χ1v) is 10.3. The fourth-order valence-electron chi connectivity index (χ4n) is 2.96. The van der Waals surface area contributed by atoms with E-state index in [1.807, 2.05) is 36.1 Å². The Bertz CT molecular complexity index is 599. The molecule has 0 saturated carbocycles. The minimum absolute atomic E-state index is 0.0280.